The Kier molecular flexibility index (Phi) is 5.61. The number of likely N-dealkylation sites (N-methyl/N-ethyl adjacent to an activating group) is 1. The highest BCUT2D eigenvalue weighted by atomic mass is 32.1. The van der Waals surface area contributed by atoms with Gasteiger partial charge in [0, 0.05) is 12.1 Å². The summed E-state index contributed by atoms with van der Waals surface area (Å²) in [4.78, 5) is 18.0. The van der Waals surface area contributed by atoms with Crippen LogP contribution in [0.4, 0.5) is 0 Å². The predicted octanol–water partition coefficient (Wildman–Crippen LogP) is 4.04. The van der Waals surface area contributed by atoms with Crippen LogP contribution in [0.2, 0.25) is 0 Å². The van der Waals surface area contributed by atoms with Crippen molar-refractivity contribution in [2.45, 2.75) is 32.2 Å². The lowest BCUT2D eigenvalue weighted by molar-refractivity contribution is 0.170. The normalized spacial score (nSPS) is 17.1. The van der Waals surface area contributed by atoms with Gasteiger partial charge in [0.15, 0.2) is 16.3 Å². The molecule has 0 spiro atoms. The van der Waals surface area contributed by atoms with Crippen molar-refractivity contribution in [1.82, 2.24) is 14.5 Å². The number of aromatic hydroxyl groups is 1. The van der Waals surface area contributed by atoms with Crippen LogP contribution in [0.5, 0.6) is 23.1 Å². The van der Waals surface area contributed by atoms with E-state index in [4.69, 9.17) is 26.4 Å². The molecule has 8 nitrogen and oxygen atoms in total. The molecule has 0 radical (unpaired) electrons. The SMILES string of the molecule is COc1c2c(cc3c1[C@@H](c1c(O)n(-c4ccc(C(C)C)cc4)c(=S)[nH]c1=O)N(C)CC3)OCO2. The maximum Gasteiger partial charge on any atom is 0.260 e. The fourth-order valence-electron chi connectivity index (χ4n) is 4.83. The van der Waals surface area contributed by atoms with E-state index in [2.05, 4.69) is 18.8 Å². The van der Waals surface area contributed by atoms with Gasteiger partial charge in [-0.05, 0) is 60.9 Å². The zero-order chi connectivity index (χ0) is 24.1. The van der Waals surface area contributed by atoms with E-state index in [0.29, 0.717) is 35.4 Å². The van der Waals surface area contributed by atoms with Gasteiger partial charge in [-0.25, -0.2) is 0 Å². The molecule has 0 fully saturated rings. The van der Waals surface area contributed by atoms with E-state index in [1.807, 2.05) is 42.3 Å². The molecule has 3 heterocycles. The van der Waals surface area contributed by atoms with Crippen molar-refractivity contribution in [3.05, 3.63) is 67.7 Å². The summed E-state index contributed by atoms with van der Waals surface area (Å²) in [6, 6.07) is 9.14. The first-order chi connectivity index (χ1) is 16.3. The van der Waals surface area contributed by atoms with Crippen molar-refractivity contribution in [2.75, 3.05) is 27.5 Å². The van der Waals surface area contributed by atoms with Crippen LogP contribution < -0.4 is 19.8 Å². The number of aromatic amines is 1. The highest BCUT2D eigenvalue weighted by Gasteiger charge is 2.38. The molecule has 2 aliphatic heterocycles. The summed E-state index contributed by atoms with van der Waals surface area (Å²) in [7, 11) is 3.48. The molecule has 9 heteroatoms. The molecule has 0 amide bonds. The minimum Gasteiger partial charge on any atom is -0.494 e. The van der Waals surface area contributed by atoms with E-state index < -0.39 is 11.6 Å². The maximum atomic E-state index is 13.3. The van der Waals surface area contributed by atoms with Crippen molar-refractivity contribution >= 4 is 12.2 Å². The highest BCUT2D eigenvalue weighted by molar-refractivity contribution is 7.71. The molecular weight excluding hydrogens is 454 g/mol. The van der Waals surface area contributed by atoms with Gasteiger partial charge in [0.05, 0.1) is 24.4 Å². The quantitative estimate of drug-likeness (QED) is 0.544. The number of nitrogens with zero attached hydrogens (tertiary/aromatic N) is 2. The average Bonchev–Trinajstić information content (AvgIpc) is 3.27. The number of fused-ring (bicyclic) bond motifs is 2. The number of nitrogens with one attached hydrogen (secondary N) is 1. The second-order valence-corrected chi connectivity index (χ2v) is 9.31. The Morgan fingerprint density at radius 3 is 2.62 bits per heavy atom. The van der Waals surface area contributed by atoms with Gasteiger partial charge in [0.2, 0.25) is 18.4 Å². The Balaban J connectivity index is 1.74. The van der Waals surface area contributed by atoms with Crippen LogP contribution in [-0.4, -0.2) is 47.1 Å². The van der Waals surface area contributed by atoms with Crippen LogP contribution in [0.15, 0.2) is 35.1 Å². The van der Waals surface area contributed by atoms with E-state index in [1.54, 1.807) is 7.11 Å². The van der Waals surface area contributed by atoms with Gasteiger partial charge in [0.25, 0.3) is 5.56 Å². The predicted molar refractivity (Wildman–Crippen MR) is 130 cm³/mol. The summed E-state index contributed by atoms with van der Waals surface area (Å²) in [6.45, 7) is 5.02. The lowest BCUT2D eigenvalue weighted by atomic mass is 9.87. The van der Waals surface area contributed by atoms with Crippen molar-refractivity contribution in [3.8, 4) is 28.8 Å². The summed E-state index contributed by atoms with van der Waals surface area (Å²) < 4.78 is 18.6. The third-order valence-corrected chi connectivity index (χ3v) is 6.89. The van der Waals surface area contributed by atoms with E-state index in [0.717, 1.165) is 17.5 Å². The molecule has 0 bridgehead atoms. The van der Waals surface area contributed by atoms with E-state index in [1.165, 1.54) is 10.1 Å². The minimum absolute atomic E-state index is 0.109. The van der Waals surface area contributed by atoms with Crippen LogP contribution in [0.25, 0.3) is 5.69 Å². The summed E-state index contributed by atoms with van der Waals surface area (Å²) in [6.07, 6.45) is 0.740. The van der Waals surface area contributed by atoms with E-state index >= 15 is 0 Å². The molecule has 0 aliphatic carbocycles. The third kappa shape index (κ3) is 3.47. The second kappa shape index (κ2) is 8.48. The van der Waals surface area contributed by atoms with Crippen molar-refractivity contribution in [1.29, 1.82) is 0 Å². The molecule has 0 unspecified atom stereocenters. The standard InChI is InChI=1S/C25H27N3O5S/c1-13(2)14-5-7-16(8-6-14)28-24(30)19(23(29)26-25(28)34)20-18-15(9-10-27(20)3)11-17-21(22(18)31-4)33-12-32-17/h5-8,11,13,20,30H,9-10,12H2,1-4H3,(H,26,29,34)/t20-/m0/s1. The molecule has 1 aromatic heterocycles. The summed E-state index contributed by atoms with van der Waals surface area (Å²) in [5.41, 5.74) is 3.35. The van der Waals surface area contributed by atoms with Crippen LogP contribution in [-0.2, 0) is 6.42 Å². The third-order valence-electron chi connectivity index (χ3n) is 6.61. The number of benzene rings is 2. The molecule has 2 aliphatic rings. The lowest BCUT2D eigenvalue weighted by Crippen LogP contribution is -2.37. The molecule has 3 aromatic rings. The van der Waals surface area contributed by atoms with Gasteiger partial charge in [-0.15, -0.1) is 0 Å². The van der Waals surface area contributed by atoms with E-state index in [9.17, 15) is 9.90 Å². The highest BCUT2D eigenvalue weighted by Crippen LogP contribution is 2.51. The Labute approximate surface area is 202 Å². The molecule has 0 saturated heterocycles. The summed E-state index contributed by atoms with van der Waals surface area (Å²) in [5.74, 6) is 1.81. The number of aromatic nitrogens is 2. The lowest BCUT2D eigenvalue weighted by Gasteiger charge is -2.36. The summed E-state index contributed by atoms with van der Waals surface area (Å²) >= 11 is 5.45. The fourth-order valence-corrected chi connectivity index (χ4v) is 5.12. The first-order valence-electron chi connectivity index (χ1n) is 11.2. The monoisotopic (exact) mass is 481 g/mol. The Morgan fingerprint density at radius 2 is 1.94 bits per heavy atom. The number of rotatable bonds is 4. The molecule has 0 saturated carbocycles. The van der Waals surface area contributed by atoms with Crippen LogP contribution >= 0.6 is 12.2 Å². The second-order valence-electron chi connectivity index (χ2n) is 8.93. The molecule has 2 N–H and O–H groups in total. The first kappa shape index (κ1) is 22.5. The van der Waals surface area contributed by atoms with Gasteiger partial charge < -0.3 is 19.3 Å². The van der Waals surface area contributed by atoms with Gasteiger partial charge in [-0.3, -0.25) is 19.2 Å². The number of methoxy groups -OCH3 is 1. The van der Waals surface area contributed by atoms with Gasteiger partial charge in [-0.2, -0.15) is 0 Å². The zero-order valence-corrected chi connectivity index (χ0v) is 20.4. The van der Waals surface area contributed by atoms with Gasteiger partial charge >= 0.3 is 0 Å². The first-order valence-corrected chi connectivity index (χ1v) is 11.6. The smallest absolute Gasteiger partial charge is 0.260 e. The minimum atomic E-state index is -0.575. The Hall–Kier alpha value is -3.30. The van der Waals surface area contributed by atoms with Crippen molar-refractivity contribution in [2.24, 2.45) is 0 Å². The molecule has 2 aromatic carbocycles. The summed E-state index contributed by atoms with van der Waals surface area (Å²) in [5, 5.41) is 11.5. The Morgan fingerprint density at radius 1 is 1.21 bits per heavy atom. The number of hydrogen-bond donors (Lipinski definition) is 2. The Bertz CT molecular complexity index is 1380. The largest absolute Gasteiger partial charge is 0.494 e. The number of hydrogen-bond acceptors (Lipinski definition) is 7. The van der Waals surface area contributed by atoms with E-state index in [-0.39, 0.29) is 23.0 Å². The molecule has 1 atom stereocenters. The number of H-pyrrole nitrogens is 1. The maximum absolute atomic E-state index is 13.3. The van der Waals surface area contributed by atoms with Crippen molar-refractivity contribution in [3.63, 3.8) is 0 Å². The topological polar surface area (TPSA) is 89.0 Å². The van der Waals surface area contributed by atoms with Crippen LogP contribution in [0, 0.1) is 4.77 Å². The van der Waals surface area contributed by atoms with Crippen LogP contribution in [0.3, 0.4) is 0 Å². The molecule has 34 heavy (non-hydrogen) atoms. The average molecular weight is 482 g/mol. The fraction of sp³-hybridized carbons (Fsp3) is 0.360. The molecule has 178 valence electrons. The van der Waals surface area contributed by atoms with Crippen LogP contribution in [0.1, 0.15) is 48.1 Å². The van der Waals surface area contributed by atoms with Gasteiger partial charge in [-0.1, -0.05) is 26.0 Å². The molecule has 5 rings (SSSR count). The molecular formula is C25H27N3O5S. The van der Waals surface area contributed by atoms with Gasteiger partial charge in [0.1, 0.15) is 0 Å². The van der Waals surface area contributed by atoms with Crippen molar-refractivity contribution < 1.29 is 19.3 Å². The zero-order valence-electron chi connectivity index (χ0n) is 19.5. The number of ether oxygens (including phenoxy) is 3.